The van der Waals surface area contributed by atoms with E-state index >= 15 is 0 Å². The summed E-state index contributed by atoms with van der Waals surface area (Å²) in [5.41, 5.74) is 0.497. The van der Waals surface area contributed by atoms with E-state index < -0.39 is 35.3 Å². The Hall–Kier alpha value is -2.80. The van der Waals surface area contributed by atoms with Crippen molar-refractivity contribution in [3.8, 4) is 0 Å². The summed E-state index contributed by atoms with van der Waals surface area (Å²) in [6.07, 6.45) is -0.913. The third kappa shape index (κ3) is 3.42. The van der Waals surface area contributed by atoms with Crippen molar-refractivity contribution >= 4 is 23.8 Å². The molecule has 4 bridgehead atoms. The minimum Gasteiger partial charge on any atom is -0.466 e. The number of fused-ring (bicyclic) bond motifs is 10. The summed E-state index contributed by atoms with van der Waals surface area (Å²) in [6.45, 7) is 4.33. The first-order chi connectivity index (χ1) is 17.7. The quantitative estimate of drug-likeness (QED) is 0.214. The molecule has 2 N–H and O–H groups in total. The van der Waals surface area contributed by atoms with E-state index in [1.165, 1.54) is 19.8 Å². The predicted molar refractivity (Wildman–Crippen MR) is 122 cm³/mol. The van der Waals surface area contributed by atoms with Crippen LogP contribution in [0, 0.1) is 0 Å². The van der Waals surface area contributed by atoms with E-state index in [0.717, 1.165) is 5.57 Å². The zero-order valence-corrected chi connectivity index (χ0v) is 21.1. The predicted octanol–water partition coefficient (Wildman–Crippen LogP) is -0.795. The maximum absolute atomic E-state index is 12.6. The van der Waals surface area contributed by atoms with Gasteiger partial charge in [0, 0.05) is 12.8 Å². The minimum atomic E-state index is -1.31. The van der Waals surface area contributed by atoms with Crippen molar-refractivity contribution in [2.75, 3.05) is 27.3 Å². The van der Waals surface area contributed by atoms with Crippen molar-refractivity contribution in [2.24, 2.45) is 0 Å². The molecule has 12 heteroatoms. The molecule has 0 radical (unpaired) electrons. The topological polar surface area (TPSA) is 154 Å². The second-order valence-electron chi connectivity index (χ2n) is 10.4. The van der Waals surface area contributed by atoms with Crippen LogP contribution in [-0.2, 0) is 47.6 Å². The van der Waals surface area contributed by atoms with E-state index in [-0.39, 0.29) is 66.8 Å². The fourth-order valence-electron chi connectivity index (χ4n) is 6.42. The van der Waals surface area contributed by atoms with Crippen LogP contribution in [-0.4, -0.2) is 98.9 Å². The molecule has 200 valence electrons. The van der Waals surface area contributed by atoms with Crippen LogP contribution >= 0.6 is 0 Å². The molecule has 0 aromatic rings. The van der Waals surface area contributed by atoms with Crippen molar-refractivity contribution in [3.63, 3.8) is 0 Å². The zero-order valence-electron chi connectivity index (χ0n) is 21.1. The Labute approximate surface area is 213 Å². The lowest BCUT2D eigenvalue weighted by atomic mass is 9.81. The lowest BCUT2D eigenvalue weighted by Crippen LogP contribution is -2.49. The third-order valence-corrected chi connectivity index (χ3v) is 8.57. The second kappa shape index (κ2) is 8.35. The van der Waals surface area contributed by atoms with Gasteiger partial charge in [-0.25, -0.2) is 9.59 Å². The Bertz CT molecular complexity index is 1160. The molecule has 12 nitrogen and oxygen atoms in total. The van der Waals surface area contributed by atoms with E-state index in [2.05, 4.69) is 10.6 Å². The molecule has 6 aliphatic rings. The van der Waals surface area contributed by atoms with Gasteiger partial charge in [0.05, 0.1) is 38.5 Å². The highest BCUT2D eigenvalue weighted by molar-refractivity contribution is 6.05. The normalized spacial score (nSPS) is 39.4. The minimum absolute atomic E-state index is 0.00156. The summed E-state index contributed by atoms with van der Waals surface area (Å²) in [6, 6.07) is 0. The number of rotatable bonds is 10. The molecule has 0 spiro atoms. The summed E-state index contributed by atoms with van der Waals surface area (Å²) in [7, 11) is 2.42. The van der Waals surface area contributed by atoms with Gasteiger partial charge in [0.15, 0.2) is 0 Å². The molecule has 8 atom stereocenters. The molecular weight excluding hydrogens is 488 g/mol. The van der Waals surface area contributed by atoms with Crippen LogP contribution < -0.4 is 10.6 Å². The Morgan fingerprint density at radius 1 is 0.811 bits per heavy atom. The maximum Gasteiger partial charge on any atom is 0.337 e. The number of esters is 2. The van der Waals surface area contributed by atoms with E-state index in [9.17, 15) is 19.2 Å². The molecule has 0 saturated carbocycles. The molecule has 8 unspecified atom stereocenters. The molecule has 0 aliphatic carbocycles. The van der Waals surface area contributed by atoms with Gasteiger partial charge in [-0.15, -0.1) is 0 Å². The smallest absolute Gasteiger partial charge is 0.337 e. The molecule has 4 fully saturated rings. The summed E-state index contributed by atoms with van der Waals surface area (Å²) < 4.78 is 33.3. The van der Waals surface area contributed by atoms with Gasteiger partial charge in [-0.3, -0.25) is 9.59 Å². The highest BCUT2D eigenvalue weighted by Crippen LogP contribution is 2.58. The van der Waals surface area contributed by atoms with Crippen LogP contribution in [0.15, 0.2) is 22.3 Å². The lowest BCUT2D eigenvalue weighted by molar-refractivity contribution is -0.140. The number of carbonyl (C=O) groups excluding carboxylic acids is 4. The monoisotopic (exact) mass is 518 g/mol. The second-order valence-corrected chi connectivity index (χ2v) is 10.4. The molecule has 4 saturated heterocycles. The number of ether oxygens (including phenoxy) is 6. The van der Waals surface area contributed by atoms with Crippen molar-refractivity contribution in [1.29, 1.82) is 0 Å². The number of nitrogens with one attached hydrogen (secondary N) is 2. The first-order valence-corrected chi connectivity index (χ1v) is 12.5. The Morgan fingerprint density at radius 2 is 1.35 bits per heavy atom. The number of hydrogen-bond acceptors (Lipinski definition) is 10. The van der Waals surface area contributed by atoms with E-state index in [1.807, 2.05) is 13.8 Å². The number of carbonyl (C=O) groups is 4. The number of amides is 2. The fourth-order valence-corrected chi connectivity index (χ4v) is 6.42. The average molecular weight is 519 g/mol. The standard InChI is InChI=1S/C25H30N2O10/c1-10-11(2)24(20-18(34-20)16(10)36-24)8-26-12(28)6-5-7-13(29)27-9-25-15(23(31)33-4)14(22(30)32-3)17(37-25)19-21(25)35-19/h16-21H,5-9H2,1-4H3,(H,26,28)(H,27,29). The maximum atomic E-state index is 12.6. The van der Waals surface area contributed by atoms with E-state index in [1.54, 1.807) is 0 Å². The van der Waals surface area contributed by atoms with Gasteiger partial charge in [0.1, 0.15) is 47.8 Å². The molecule has 2 amide bonds. The van der Waals surface area contributed by atoms with Crippen LogP contribution in [0.1, 0.15) is 33.1 Å². The molecule has 6 heterocycles. The highest BCUT2D eigenvalue weighted by Gasteiger charge is 2.76. The first-order valence-electron chi connectivity index (χ1n) is 12.5. The molecule has 37 heavy (non-hydrogen) atoms. The Balaban J connectivity index is 1.00. The number of hydrogen-bond donors (Lipinski definition) is 2. The van der Waals surface area contributed by atoms with Crippen molar-refractivity contribution in [2.45, 2.75) is 80.9 Å². The van der Waals surface area contributed by atoms with Crippen molar-refractivity contribution in [3.05, 3.63) is 22.3 Å². The van der Waals surface area contributed by atoms with Gasteiger partial charge in [0.25, 0.3) is 0 Å². The van der Waals surface area contributed by atoms with E-state index in [0.29, 0.717) is 13.0 Å². The van der Waals surface area contributed by atoms with Crippen LogP contribution in [0.3, 0.4) is 0 Å². The highest BCUT2D eigenvalue weighted by atomic mass is 16.7. The number of methoxy groups -OCH3 is 2. The van der Waals surface area contributed by atoms with Gasteiger partial charge in [-0.05, 0) is 31.4 Å². The largest absolute Gasteiger partial charge is 0.466 e. The third-order valence-electron chi connectivity index (χ3n) is 8.57. The van der Waals surface area contributed by atoms with E-state index in [4.69, 9.17) is 28.4 Å². The van der Waals surface area contributed by atoms with Gasteiger partial charge >= 0.3 is 11.9 Å². The summed E-state index contributed by atoms with van der Waals surface area (Å²) in [5.74, 6) is -1.92. The van der Waals surface area contributed by atoms with Crippen molar-refractivity contribution < 1.29 is 47.6 Å². The van der Waals surface area contributed by atoms with Crippen molar-refractivity contribution in [1.82, 2.24) is 10.6 Å². The van der Waals surface area contributed by atoms with Gasteiger partial charge in [0.2, 0.25) is 11.8 Å². The van der Waals surface area contributed by atoms with Crippen LogP contribution in [0.4, 0.5) is 0 Å². The molecule has 0 aromatic carbocycles. The van der Waals surface area contributed by atoms with Gasteiger partial charge < -0.3 is 39.1 Å². The van der Waals surface area contributed by atoms with Gasteiger partial charge in [-0.2, -0.15) is 0 Å². The Morgan fingerprint density at radius 3 is 1.97 bits per heavy atom. The van der Waals surface area contributed by atoms with Crippen LogP contribution in [0.5, 0.6) is 0 Å². The molecule has 6 rings (SSSR count). The summed E-state index contributed by atoms with van der Waals surface area (Å²) in [5, 5.41) is 5.70. The van der Waals surface area contributed by atoms with Crippen LogP contribution in [0.2, 0.25) is 0 Å². The lowest BCUT2D eigenvalue weighted by Gasteiger charge is -2.28. The average Bonchev–Trinajstić information content (AvgIpc) is 3.78. The van der Waals surface area contributed by atoms with Crippen LogP contribution in [0.25, 0.3) is 0 Å². The Kier molecular flexibility index (Phi) is 5.54. The SMILES string of the molecule is COC(=O)C1=C(C(=O)OC)C2(CNC(=O)CCCC(=O)NCC34OC(C(C)=C3C)C3OC34)OC1C1OC12. The summed E-state index contributed by atoms with van der Waals surface area (Å²) >= 11 is 0. The number of epoxide rings is 2. The molecule has 6 aliphatic heterocycles. The summed E-state index contributed by atoms with van der Waals surface area (Å²) in [4.78, 5) is 50.0. The van der Waals surface area contributed by atoms with Gasteiger partial charge in [-0.1, -0.05) is 0 Å². The fraction of sp³-hybridized carbons (Fsp3) is 0.680. The molecular formula is C25H30N2O10. The molecule has 0 aromatic heterocycles. The zero-order chi connectivity index (χ0) is 26.3. The first kappa shape index (κ1) is 24.5.